The van der Waals surface area contributed by atoms with E-state index >= 15 is 0 Å². The molecule has 0 spiro atoms. The first-order chi connectivity index (χ1) is 13.1. The summed E-state index contributed by atoms with van der Waals surface area (Å²) in [4.78, 5) is 23.1. The molecule has 1 amide bonds. The predicted octanol–water partition coefficient (Wildman–Crippen LogP) is 3.57. The number of allylic oxidation sites excluding steroid dienone is 2. The van der Waals surface area contributed by atoms with Gasteiger partial charge in [0.25, 0.3) is 0 Å². The van der Waals surface area contributed by atoms with Crippen molar-refractivity contribution in [3.63, 3.8) is 0 Å². The minimum atomic E-state index is -0.396. The molecule has 1 heterocycles. The topological polar surface area (TPSA) is 68.2 Å². The first-order valence-electron chi connectivity index (χ1n) is 9.44. The van der Waals surface area contributed by atoms with Gasteiger partial charge in [-0.3, -0.25) is 4.79 Å². The summed E-state index contributed by atoms with van der Waals surface area (Å²) in [6, 6.07) is 9.94. The Morgan fingerprint density at radius 1 is 1.26 bits per heavy atom. The second-order valence-electron chi connectivity index (χ2n) is 7.06. The fourth-order valence-corrected chi connectivity index (χ4v) is 3.54. The lowest BCUT2D eigenvalue weighted by molar-refractivity contribution is -0.142. The highest BCUT2D eigenvalue weighted by atomic mass is 16.6. The van der Waals surface area contributed by atoms with E-state index in [0.29, 0.717) is 25.6 Å². The minimum Gasteiger partial charge on any atom is -0.466 e. The maximum Gasteiger partial charge on any atom is 0.430 e. The number of hydrogen-bond donors (Lipinski definition) is 0. The number of esters is 1. The Balaban J connectivity index is 1.57. The van der Waals surface area contributed by atoms with Crippen LogP contribution in [0.4, 0.5) is 4.79 Å². The summed E-state index contributed by atoms with van der Waals surface area (Å²) in [5, 5.41) is 5.86. The molecule has 0 saturated carbocycles. The zero-order valence-electron chi connectivity index (χ0n) is 15.6. The van der Waals surface area contributed by atoms with Crippen molar-refractivity contribution < 1.29 is 19.1 Å². The highest BCUT2D eigenvalue weighted by Gasteiger charge is 2.33. The number of hydrogen-bond acceptors (Lipinski definition) is 5. The van der Waals surface area contributed by atoms with Crippen LogP contribution in [0.1, 0.15) is 31.7 Å². The van der Waals surface area contributed by atoms with E-state index in [9.17, 15) is 9.59 Å². The highest BCUT2D eigenvalue weighted by molar-refractivity contribution is 5.71. The standard InChI is InChI=1S/C21H26N2O4/c1-16(24)26-14-19-10-6-5-9-18(19)11-12-22-23-20(15-27-21(23)25)13-17-7-3-2-4-8-17/h2-8,12,18-20H,9-11,13-15H2,1H3/b22-12+/t18-,19-,20-/m1/s1. The summed E-state index contributed by atoms with van der Waals surface area (Å²) in [6.45, 7) is 2.22. The number of cyclic esters (lactones) is 1. The van der Waals surface area contributed by atoms with E-state index in [4.69, 9.17) is 9.47 Å². The monoisotopic (exact) mass is 370 g/mol. The smallest absolute Gasteiger partial charge is 0.430 e. The van der Waals surface area contributed by atoms with E-state index in [1.807, 2.05) is 30.3 Å². The molecular formula is C21H26N2O4. The van der Waals surface area contributed by atoms with E-state index < -0.39 is 6.09 Å². The van der Waals surface area contributed by atoms with Crippen LogP contribution in [0, 0.1) is 11.8 Å². The molecule has 6 nitrogen and oxygen atoms in total. The maximum atomic E-state index is 12.0. The molecule has 0 unspecified atom stereocenters. The van der Waals surface area contributed by atoms with Gasteiger partial charge >= 0.3 is 12.1 Å². The molecule has 27 heavy (non-hydrogen) atoms. The fraction of sp³-hybridized carbons (Fsp3) is 0.476. The van der Waals surface area contributed by atoms with Crippen LogP contribution >= 0.6 is 0 Å². The molecule has 0 aromatic heterocycles. The van der Waals surface area contributed by atoms with Crippen LogP contribution in [-0.4, -0.2) is 42.5 Å². The first-order valence-corrected chi connectivity index (χ1v) is 9.44. The average Bonchev–Trinajstić information content (AvgIpc) is 3.01. The second kappa shape index (κ2) is 9.35. The van der Waals surface area contributed by atoms with E-state index in [1.165, 1.54) is 11.9 Å². The first kappa shape index (κ1) is 19.1. The summed E-state index contributed by atoms with van der Waals surface area (Å²) in [5.74, 6) is 0.390. The molecule has 1 aliphatic heterocycles. The van der Waals surface area contributed by atoms with Crippen molar-refractivity contribution in [2.75, 3.05) is 13.2 Å². The molecule has 1 aromatic rings. The summed E-state index contributed by atoms with van der Waals surface area (Å²) >= 11 is 0. The highest BCUT2D eigenvalue weighted by Crippen LogP contribution is 2.28. The number of carbonyl (C=O) groups is 2. The molecule has 6 heteroatoms. The molecule has 0 radical (unpaired) electrons. The predicted molar refractivity (Wildman–Crippen MR) is 102 cm³/mol. The van der Waals surface area contributed by atoms with Gasteiger partial charge in [-0.15, -0.1) is 0 Å². The molecule has 2 aliphatic rings. The number of amides is 1. The molecular weight excluding hydrogens is 344 g/mol. The van der Waals surface area contributed by atoms with Crippen molar-refractivity contribution in [1.29, 1.82) is 0 Å². The molecule has 1 aromatic carbocycles. The van der Waals surface area contributed by atoms with Gasteiger partial charge < -0.3 is 9.47 Å². The molecule has 0 bridgehead atoms. The van der Waals surface area contributed by atoms with Crippen LogP contribution in [0.25, 0.3) is 0 Å². The summed E-state index contributed by atoms with van der Waals surface area (Å²) in [7, 11) is 0. The van der Waals surface area contributed by atoms with Crippen molar-refractivity contribution in [2.45, 2.75) is 38.6 Å². The van der Waals surface area contributed by atoms with Gasteiger partial charge in [-0.2, -0.15) is 10.1 Å². The zero-order valence-corrected chi connectivity index (χ0v) is 15.6. The van der Waals surface area contributed by atoms with E-state index in [1.54, 1.807) is 6.21 Å². The van der Waals surface area contributed by atoms with Gasteiger partial charge in [-0.25, -0.2) is 4.79 Å². The lowest BCUT2D eigenvalue weighted by Gasteiger charge is -2.27. The van der Waals surface area contributed by atoms with Crippen molar-refractivity contribution in [3.05, 3.63) is 48.0 Å². The molecule has 1 fully saturated rings. The lowest BCUT2D eigenvalue weighted by Crippen LogP contribution is -2.31. The number of benzene rings is 1. The van der Waals surface area contributed by atoms with Crippen molar-refractivity contribution in [3.8, 4) is 0 Å². The Kier molecular flexibility index (Phi) is 6.63. The molecule has 3 atom stereocenters. The Hall–Kier alpha value is -2.63. The van der Waals surface area contributed by atoms with Crippen LogP contribution in [0.2, 0.25) is 0 Å². The van der Waals surface area contributed by atoms with Gasteiger partial charge in [0.15, 0.2) is 0 Å². The van der Waals surface area contributed by atoms with Gasteiger partial charge in [0, 0.05) is 19.1 Å². The van der Waals surface area contributed by atoms with Crippen molar-refractivity contribution in [2.24, 2.45) is 16.9 Å². The quantitative estimate of drug-likeness (QED) is 0.418. The van der Waals surface area contributed by atoms with E-state index in [2.05, 4.69) is 17.3 Å². The number of carbonyl (C=O) groups excluding carboxylic acids is 2. The Morgan fingerprint density at radius 3 is 2.74 bits per heavy atom. The summed E-state index contributed by atoms with van der Waals surface area (Å²) < 4.78 is 10.4. The molecule has 1 aliphatic carbocycles. The number of ether oxygens (including phenoxy) is 2. The van der Waals surface area contributed by atoms with Gasteiger partial charge in [0.2, 0.25) is 0 Å². The molecule has 1 saturated heterocycles. The Bertz CT molecular complexity index is 701. The van der Waals surface area contributed by atoms with Crippen LogP contribution in [0.3, 0.4) is 0 Å². The number of hydrazone groups is 1. The van der Waals surface area contributed by atoms with E-state index in [0.717, 1.165) is 24.8 Å². The van der Waals surface area contributed by atoms with Crippen molar-refractivity contribution >= 4 is 18.3 Å². The second-order valence-corrected chi connectivity index (χ2v) is 7.06. The lowest BCUT2D eigenvalue weighted by atomic mass is 9.82. The number of rotatable bonds is 7. The van der Waals surface area contributed by atoms with Gasteiger partial charge in [-0.1, -0.05) is 42.5 Å². The molecule has 3 rings (SSSR count). The summed E-state index contributed by atoms with van der Waals surface area (Å²) in [5.41, 5.74) is 1.15. The Labute approximate surface area is 159 Å². The largest absolute Gasteiger partial charge is 0.466 e. The third-order valence-corrected chi connectivity index (χ3v) is 5.07. The third kappa shape index (κ3) is 5.42. The average molecular weight is 370 g/mol. The fourth-order valence-electron chi connectivity index (χ4n) is 3.54. The van der Waals surface area contributed by atoms with Gasteiger partial charge in [0.1, 0.15) is 6.61 Å². The van der Waals surface area contributed by atoms with E-state index in [-0.39, 0.29) is 17.9 Å². The van der Waals surface area contributed by atoms with Gasteiger partial charge in [0.05, 0.1) is 12.6 Å². The SMILES string of the molecule is CC(=O)OC[C@H]1CC=CC[C@@H]1C/C=N/N1C(=O)OC[C@H]1Cc1ccccc1. The minimum absolute atomic E-state index is 0.0840. The zero-order chi connectivity index (χ0) is 19.1. The third-order valence-electron chi connectivity index (χ3n) is 5.07. The molecule has 0 N–H and O–H groups in total. The maximum absolute atomic E-state index is 12.0. The normalized spacial score (nSPS) is 25.0. The van der Waals surface area contributed by atoms with Crippen LogP contribution in [0.5, 0.6) is 0 Å². The van der Waals surface area contributed by atoms with Crippen molar-refractivity contribution in [1.82, 2.24) is 5.01 Å². The Morgan fingerprint density at radius 2 is 2.00 bits per heavy atom. The summed E-state index contributed by atoms with van der Waals surface area (Å²) in [6.07, 6.45) is 8.97. The van der Waals surface area contributed by atoms with Crippen LogP contribution < -0.4 is 0 Å². The van der Waals surface area contributed by atoms with Crippen LogP contribution in [0.15, 0.2) is 47.6 Å². The molecule has 144 valence electrons. The number of nitrogens with zero attached hydrogens (tertiary/aromatic N) is 2. The van der Waals surface area contributed by atoms with Crippen LogP contribution in [-0.2, 0) is 20.7 Å². The van der Waals surface area contributed by atoms with Gasteiger partial charge in [-0.05, 0) is 37.2 Å².